The lowest BCUT2D eigenvalue weighted by atomic mass is 10.2. The van der Waals surface area contributed by atoms with Gasteiger partial charge in [0.2, 0.25) is 0 Å². The molecular formula is C23H27N5O. The van der Waals surface area contributed by atoms with E-state index in [1.54, 1.807) is 7.11 Å². The lowest BCUT2D eigenvalue weighted by Gasteiger charge is -2.36. The second-order valence-corrected chi connectivity index (χ2v) is 7.13. The molecular weight excluding hydrogens is 362 g/mol. The van der Waals surface area contributed by atoms with Gasteiger partial charge in [-0.15, -0.1) is 0 Å². The predicted molar refractivity (Wildman–Crippen MR) is 118 cm³/mol. The molecule has 6 nitrogen and oxygen atoms in total. The molecule has 0 aliphatic carbocycles. The summed E-state index contributed by atoms with van der Waals surface area (Å²) in [5.74, 6) is 3.47. The van der Waals surface area contributed by atoms with Gasteiger partial charge in [0.15, 0.2) is 0 Å². The fourth-order valence-corrected chi connectivity index (χ4v) is 3.67. The first kappa shape index (κ1) is 19.1. The summed E-state index contributed by atoms with van der Waals surface area (Å²) in [5.41, 5.74) is 2.38. The Morgan fingerprint density at radius 3 is 2.34 bits per heavy atom. The normalized spacial score (nSPS) is 14.0. The number of nitrogens with one attached hydrogen (secondary N) is 1. The Kier molecular flexibility index (Phi) is 5.79. The number of rotatable bonds is 6. The fourth-order valence-electron chi connectivity index (χ4n) is 3.67. The number of aromatic nitrogens is 2. The Morgan fingerprint density at radius 1 is 0.897 bits per heavy atom. The van der Waals surface area contributed by atoms with Crippen LogP contribution in [-0.2, 0) is 6.54 Å². The third-order valence-corrected chi connectivity index (χ3v) is 5.20. The zero-order chi connectivity index (χ0) is 20.1. The van der Waals surface area contributed by atoms with Crippen molar-refractivity contribution in [1.29, 1.82) is 0 Å². The Labute approximate surface area is 172 Å². The minimum Gasteiger partial charge on any atom is -0.496 e. The first-order chi connectivity index (χ1) is 14.2. The molecule has 1 aliphatic rings. The number of para-hydroxylation sites is 2. The number of anilines is 3. The topological polar surface area (TPSA) is 53.5 Å². The number of nitrogens with zero attached hydrogens (tertiary/aromatic N) is 4. The minimum absolute atomic E-state index is 0.654. The van der Waals surface area contributed by atoms with Crippen LogP contribution in [0, 0.1) is 6.92 Å². The number of piperazine rings is 1. The van der Waals surface area contributed by atoms with Crippen molar-refractivity contribution in [2.75, 3.05) is 48.4 Å². The smallest absolute Gasteiger partial charge is 0.134 e. The average Bonchev–Trinajstić information content (AvgIpc) is 2.78. The summed E-state index contributed by atoms with van der Waals surface area (Å²) in [4.78, 5) is 14.0. The highest BCUT2D eigenvalue weighted by Gasteiger charge is 2.19. The highest BCUT2D eigenvalue weighted by Crippen LogP contribution is 2.22. The van der Waals surface area contributed by atoms with E-state index in [1.807, 2.05) is 31.2 Å². The van der Waals surface area contributed by atoms with E-state index in [-0.39, 0.29) is 0 Å². The molecule has 0 saturated carbocycles. The van der Waals surface area contributed by atoms with Crippen molar-refractivity contribution >= 4 is 17.3 Å². The zero-order valence-electron chi connectivity index (χ0n) is 17.0. The van der Waals surface area contributed by atoms with Gasteiger partial charge in [-0.25, -0.2) is 9.97 Å². The van der Waals surface area contributed by atoms with E-state index in [1.165, 1.54) is 5.69 Å². The van der Waals surface area contributed by atoms with Crippen molar-refractivity contribution in [1.82, 2.24) is 9.97 Å². The van der Waals surface area contributed by atoms with Crippen molar-refractivity contribution in [2.24, 2.45) is 0 Å². The van der Waals surface area contributed by atoms with Crippen LogP contribution in [0.1, 0.15) is 11.4 Å². The van der Waals surface area contributed by atoms with Crippen molar-refractivity contribution in [3.8, 4) is 5.75 Å². The third-order valence-electron chi connectivity index (χ3n) is 5.20. The fraction of sp³-hybridized carbons (Fsp3) is 0.304. The van der Waals surface area contributed by atoms with Gasteiger partial charge in [-0.05, 0) is 25.1 Å². The van der Waals surface area contributed by atoms with Crippen LogP contribution >= 0.6 is 0 Å². The molecule has 0 unspecified atom stereocenters. The lowest BCUT2D eigenvalue weighted by Crippen LogP contribution is -2.46. The van der Waals surface area contributed by atoms with Gasteiger partial charge >= 0.3 is 0 Å². The summed E-state index contributed by atoms with van der Waals surface area (Å²) < 4.78 is 5.44. The van der Waals surface area contributed by atoms with Gasteiger partial charge in [-0.3, -0.25) is 0 Å². The summed E-state index contributed by atoms with van der Waals surface area (Å²) in [7, 11) is 1.70. The van der Waals surface area contributed by atoms with Crippen LogP contribution in [0.15, 0.2) is 60.7 Å². The molecule has 0 radical (unpaired) electrons. The zero-order valence-corrected chi connectivity index (χ0v) is 17.0. The molecule has 0 amide bonds. The highest BCUT2D eigenvalue weighted by molar-refractivity contribution is 5.53. The first-order valence-corrected chi connectivity index (χ1v) is 9.99. The molecule has 1 fully saturated rings. The lowest BCUT2D eigenvalue weighted by molar-refractivity contribution is 0.410. The van der Waals surface area contributed by atoms with E-state index in [9.17, 15) is 0 Å². The van der Waals surface area contributed by atoms with Crippen LogP contribution in [-0.4, -0.2) is 43.3 Å². The van der Waals surface area contributed by atoms with Crippen LogP contribution in [0.5, 0.6) is 5.75 Å². The molecule has 1 saturated heterocycles. The maximum atomic E-state index is 5.44. The quantitative estimate of drug-likeness (QED) is 0.693. The summed E-state index contributed by atoms with van der Waals surface area (Å²) >= 11 is 0. The number of ether oxygens (including phenoxy) is 1. The molecule has 3 aromatic rings. The maximum Gasteiger partial charge on any atom is 0.134 e. The molecule has 4 rings (SSSR count). The molecule has 0 atom stereocenters. The van der Waals surface area contributed by atoms with Gasteiger partial charge in [0.05, 0.1) is 7.11 Å². The van der Waals surface area contributed by atoms with Crippen LogP contribution in [0.3, 0.4) is 0 Å². The van der Waals surface area contributed by atoms with E-state index in [4.69, 9.17) is 4.74 Å². The van der Waals surface area contributed by atoms with E-state index >= 15 is 0 Å². The second-order valence-electron chi connectivity index (χ2n) is 7.13. The summed E-state index contributed by atoms with van der Waals surface area (Å²) in [5, 5.41) is 3.42. The molecule has 2 aromatic carbocycles. The highest BCUT2D eigenvalue weighted by atomic mass is 16.5. The Hall–Kier alpha value is -3.28. The van der Waals surface area contributed by atoms with Crippen molar-refractivity contribution < 1.29 is 4.74 Å². The minimum atomic E-state index is 0.654. The summed E-state index contributed by atoms with van der Waals surface area (Å²) in [6.07, 6.45) is 0. The molecule has 0 bridgehead atoms. The maximum absolute atomic E-state index is 5.44. The molecule has 1 aromatic heterocycles. The Balaban J connectivity index is 1.42. The van der Waals surface area contributed by atoms with Gasteiger partial charge in [0, 0.05) is 50.0 Å². The number of aryl methyl sites for hydroxylation is 1. The number of hydrogen-bond acceptors (Lipinski definition) is 6. The summed E-state index contributed by atoms with van der Waals surface area (Å²) in [6.45, 7) is 6.45. The van der Waals surface area contributed by atoms with E-state index < -0.39 is 0 Å². The molecule has 1 aliphatic heterocycles. The number of benzene rings is 2. The molecule has 29 heavy (non-hydrogen) atoms. The van der Waals surface area contributed by atoms with Gasteiger partial charge in [-0.2, -0.15) is 0 Å². The van der Waals surface area contributed by atoms with Gasteiger partial charge < -0.3 is 19.9 Å². The van der Waals surface area contributed by atoms with Gasteiger partial charge in [0.25, 0.3) is 0 Å². The Bertz CT molecular complexity index is 939. The molecule has 2 heterocycles. The SMILES string of the molecule is COc1ccccc1CNc1cc(N2CCN(c3ccccc3)CC2)nc(C)n1. The largest absolute Gasteiger partial charge is 0.496 e. The molecule has 1 N–H and O–H groups in total. The van der Waals surface area contributed by atoms with Crippen LogP contribution in [0.25, 0.3) is 0 Å². The van der Waals surface area contributed by atoms with Gasteiger partial charge in [0.1, 0.15) is 23.2 Å². The van der Waals surface area contributed by atoms with Crippen LogP contribution in [0.4, 0.5) is 17.3 Å². The van der Waals surface area contributed by atoms with E-state index in [0.29, 0.717) is 6.54 Å². The van der Waals surface area contributed by atoms with E-state index in [0.717, 1.165) is 55.0 Å². The summed E-state index contributed by atoms with van der Waals surface area (Å²) in [6, 6.07) is 20.7. The standard InChI is InChI=1S/C23H27N5O/c1-18-25-22(24-17-19-8-6-7-11-21(19)29-2)16-23(26-18)28-14-12-27(13-15-28)20-9-4-3-5-10-20/h3-11,16H,12-15,17H2,1-2H3,(H,24,25,26). The molecule has 150 valence electrons. The monoisotopic (exact) mass is 389 g/mol. The molecule has 6 heteroatoms. The number of methoxy groups -OCH3 is 1. The second kappa shape index (κ2) is 8.82. The van der Waals surface area contributed by atoms with Gasteiger partial charge in [-0.1, -0.05) is 36.4 Å². The predicted octanol–water partition coefficient (Wildman–Crippen LogP) is 3.73. The van der Waals surface area contributed by atoms with E-state index in [2.05, 4.69) is 61.5 Å². The Morgan fingerprint density at radius 2 is 1.59 bits per heavy atom. The average molecular weight is 390 g/mol. The third kappa shape index (κ3) is 4.59. The van der Waals surface area contributed by atoms with Crippen LogP contribution in [0.2, 0.25) is 0 Å². The van der Waals surface area contributed by atoms with Crippen LogP contribution < -0.4 is 19.9 Å². The first-order valence-electron chi connectivity index (χ1n) is 9.99. The van der Waals surface area contributed by atoms with Crippen molar-refractivity contribution in [2.45, 2.75) is 13.5 Å². The molecule has 0 spiro atoms. The van der Waals surface area contributed by atoms with Crippen molar-refractivity contribution in [3.63, 3.8) is 0 Å². The van der Waals surface area contributed by atoms with Crippen molar-refractivity contribution in [3.05, 3.63) is 72.1 Å². The number of hydrogen-bond donors (Lipinski definition) is 1.